The fraction of sp³-hybridized carbons (Fsp3) is 0.188. The van der Waals surface area contributed by atoms with Crippen molar-refractivity contribution in [1.82, 2.24) is 5.32 Å². The van der Waals surface area contributed by atoms with E-state index in [4.69, 9.17) is 9.15 Å². The highest BCUT2D eigenvalue weighted by Gasteiger charge is 2.13. The summed E-state index contributed by atoms with van der Waals surface area (Å²) in [5.41, 5.74) is 0.650. The summed E-state index contributed by atoms with van der Waals surface area (Å²) in [5, 5.41) is 5.00. The molecule has 0 atom stereocenters. The third-order valence-corrected chi connectivity index (χ3v) is 3.68. The molecule has 0 aliphatic rings. The maximum atomic E-state index is 11.8. The second-order valence-electron chi connectivity index (χ2n) is 4.57. The third kappa shape index (κ3) is 5.17. The van der Waals surface area contributed by atoms with Gasteiger partial charge in [0.05, 0.1) is 12.0 Å². The summed E-state index contributed by atoms with van der Waals surface area (Å²) in [4.78, 5) is 35.8. The van der Waals surface area contributed by atoms with Gasteiger partial charge in [-0.15, -0.1) is 11.8 Å². The average molecular weight is 348 g/mol. The fourth-order valence-electron chi connectivity index (χ4n) is 1.78. The van der Waals surface area contributed by atoms with E-state index in [0.29, 0.717) is 5.69 Å². The Labute approximate surface area is 142 Å². The molecular formula is C16H16N2O5S. The van der Waals surface area contributed by atoms with E-state index in [1.54, 1.807) is 18.2 Å². The molecule has 0 aliphatic heterocycles. The van der Waals surface area contributed by atoms with E-state index in [1.807, 2.05) is 18.4 Å². The lowest BCUT2D eigenvalue weighted by Crippen LogP contribution is -2.32. The van der Waals surface area contributed by atoms with Crippen molar-refractivity contribution in [3.63, 3.8) is 0 Å². The van der Waals surface area contributed by atoms with Gasteiger partial charge in [0.1, 0.15) is 6.54 Å². The van der Waals surface area contributed by atoms with Gasteiger partial charge in [0.15, 0.2) is 12.4 Å². The topological polar surface area (TPSA) is 97.6 Å². The van der Waals surface area contributed by atoms with Gasteiger partial charge in [0, 0.05) is 4.90 Å². The molecule has 2 amide bonds. The van der Waals surface area contributed by atoms with E-state index in [-0.39, 0.29) is 12.3 Å². The Kier molecular flexibility index (Phi) is 6.44. The van der Waals surface area contributed by atoms with Crippen LogP contribution in [0.25, 0.3) is 0 Å². The van der Waals surface area contributed by atoms with Crippen LogP contribution in [-0.2, 0) is 14.3 Å². The Morgan fingerprint density at radius 3 is 2.67 bits per heavy atom. The lowest BCUT2D eigenvalue weighted by atomic mass is 10.3. The number of thioether (sulfide) groups is 1. The Balaban J connectivity index is 1.73. The molecule has 1 aromatic carbocycles. The molecule has 2 rings (SSSR count). The van der Waals surface area contributed by atoms with Gasteiger partial charge in [-0.25, -0.2) is 0 Å². The minimum Gasteiger partial charge on any atom is -0.459 e. The van der Waals surface area contributed by atoms with Crippen molar-refractivity contribution in [3.05, 3.63) is 48.4 Å². The lowest BCUT2D eigenvalue weighted by Gasteiger charge is -2.09. The molecule has 7 nitrogen and oxygen atoms in total. The maximum absolute atomic E-state index is 11.8. The van der Waals surface area contributed by atoms with Gasteiger partial charge >= 0.3 is 5.97 Å². The van der Waals surface area contributed by atoms with Crippen molar-refractivity contribution < 1.29 is 23.5 Å². The first-order valence-electron chi connectivity index (χ1n) is 7.00. The first-order valence-corrected chi connectivity index (χ1v) is 8.23. The van der Waals surface area contributed by atoms with Crippen LogP contribution in [0.15, 0.2) is 52.0 Å². The summed E-state index contributed by atoms with van der Waals surface area (Å²) < 4.78 is 9.70. The second kappa shape index (κ2) is 8.78. The molecule has 0 saturated carbocycles. The number of carbonyl (C=O) groups excluding carboxylic acids is 3. The summed E-state index contributed by atoms with van der Waals surface area (Å²) in [5.74, 6) is -1.62. The van der Waals surface area contributed by atoms with Crippen molar-refractivity contribution in [2.75, 3.05) is 24.7 Å². The van der Waals surface area contributed by atoms with E-state index >= 15 is 0 Å². The molecule has 2 N–H and O–H groups in total. The van der Waals surface area contributed by atoms with Crippen LogP contribution in [0, 0.1) is 0 Å². The van der Waals surface area contributed by atoms with Crippen molar-refractivity contribution in [2.45, 2.75) is 4.90 Å². The Hall–Kier alpha value is -2.74. The zero-order valence-electron chi connectivity index (χ0n) is 12.9. The number of carbonyl (C=O) groups is 3. The predicted molar refractivity (Wildman–Crippen MR) is 88.9 cm³/mol. The van der Waals surface area contributed by atoms with E-state index in [0.717, 1.165) is 4.90 Å². The van der Waals surface area contributed by atoms with Crippen molar-refractivity contribution in [3.8, 4) is 0 Å². The normalized spacial score (nSPS) is 10.0. The summed E-state index contributed by atoms with van der Waals surface area (Å²) in [6.45, 7) is -0.785. The number of anilines is 1. The molecule has 0 radical (unpaired) electrons. The van der Waals surface area contributed by atoms with Crippen LogP contribution in [0.2, 0.25) is 0 Å². The van der Waals surface area contributed by atoms with E-state index in [9.17, 15) is 14.4 Å². The van der Waals surface area contributed by atoms with Crippen LogP contribution in [0.3, 0.4) is 0 Å². The molecule has 0 fully saturated rings. The number of benzene rings is 1. The first kappa shape index (κ1) is 17.6. The summed E-state index contributed by atoms with van der Waals surface area (Å²) in [7, 11) is 0. The van der Waals surface area contributed by atoms with Crippen molar-refractivity contribution >= 4 is 35.2 Å². The maximum Gasteiger partial charge on any atom is 0.325 e. The first-order chi connectivity index (χ1) is 11.6. The molecule has 0 spiro atoms. The summed E-state index contributed by atoms with van der Waals surface area (Å²) in [6, 6.07) is 10.3. The van der Waals surface area contributed by atoms with Gasteiger partial charge in [-0.3, -0.25) is 14.4 Å². The zero-order valence-corrected chi connectivity index (χ0v) is 13.7. The van der Waals surface area contributed by atoms with E-state index < -0.39 is 24.4 Å². The van der Waals surface area contributed by atoms with Crippen LogP contribution in [-0.4, -0.2) is 37.2 Å². The number of furan rings is 1. The molecule has 8 heteroatoms. The minimum absolute atomic E-state index is 0.0919. The Morgan fingerprint density at radius 1 is 1.17 bits per heavy atom. The van der Waals surface area contributed by atoms with Gasteiger partial charge in [-0.1, -0.05) is 12.1 Å². The van der Waals surface area contributed by atoms with Crippen molar-refractivity contribution in [2.24, 2.45) is 0 Å². The fourth-order valence-corrected chi connectivity index (χ4v) is 2.33. The highest BCUT2D eigenvalue weighted by atomic mass is 32.2. The molecule has 0 unspecified atom stereocenters. The quantitative estimate of drug-likeness (QED) is 0.586. The monoisotopic (exact) mass is 348 g/mol. The molecule has 126 valence electrons. The minimum atomic E-state index is -0.719. The number of para-hydroxylation sites is 1. The smallest absolute Gasteiger partial charge is 0.325 e. The summed E-state index contributed by atoms with van der Waals surface area (Å²) >= 11 is 1.49. The van der Waals surface area contributed by atoms with Crippen LogP contribution in [0.1, 0.15) is 10.6 Å². The van der Waals surface area contributed by atoms with Crippen LogP contribution in [0.5, 0.6) is 0 Å². The molecular weight excluding hydrogens is 332 g/mol. The predicted octanol–water partition coefficient (Wildman–Crippen LogP) is 1.91. The molecule has 0 aliphatic carbocycles. The van der Waals surface area contributed by atoms with E-state index in [2.05, 4.69) is 10.6 Å². The lowest BCUT2D eigenvalue weighted by molar-refractivity contribution is -0.146. The average Bonchev–Trinajstić information content (AvgIpc) is 3.13. The van der Waals surface area contributed by atoms with Gasteiger partial charge in [-0.05, 0) is 30.5 Å². The third-order valence-electron chi connectivity index (χ3n) is 2.88. The van der Waals surface area contributed by atoms with Crippen LogP contribution >= 0.6 is 11.8 Å². The van der Waals surface area contributed by atoms with Crippen molar-refractivity contribution in [1.29, 1.82) is 0 Å². The van der Waals surface area contributed by atoms with Gasteiger partial charge in [0.2, 0.25) is 0 Å². The highest BCUT2D eigenvalue weighted by molar-refractivity contribution is 7.98. The number of esters is 1. The van der Waals surface area contributed by atoms with Gasteiger partial charge < -0.3 is 19.8 Å². The standard InChI is InChI=1S/C16H16N2O5S/c1-24-13-7-3-2-5-11(13)18-14(19)10-23-15(20)9-17-16(21)12-6-4-8-22-12/h2-8H,9-10H2,1H3,(H,17,21)(H,18,19). The number of nitrogens with one attached hydrogen (secondary N) is 2. The molecule has 1 heterocycles. The van der Waals surface area contributed by atoms with Gasteiger partial charge in [-0.2, -0.15) is 0 Å². The summed E-state index contributed by atoms with van der Waals surface area (Å²) in [6.07, 6.45) is 3.25. The SMILES string of the molecule is CSc1ccccc1NC(=O)COC(=O)CNC(=O)c1ccco1. The molecule has 0 saturated heterocycles. The molecule has 1 aromatic heterocycles. The molecule has 2 aromatic rings. The highest BCUT2D eigenvalue weighted by Crippen LogP contribution is 2.24. The number of ether oxygens (including phenoxy) is 1. The van der Waals surface area contributed by atoms with Crippen LogP contribution in [0.4, 0.5) is 5.69 Å². The largest absolute Gasteiger partial charge is 0.459 e. The van der Waals surface area contributed by atoms with E-state index in [1.165, 1.54) is 24.1 Å². The molecule has 24 heavy (non-hydrogen) atoms. The number of rotatable bonds is 7. The van der Waals surface area contributed by atoms with Crippen LogP contribution < -0.4 is 10.6 Å². The second-order valence-corrected chi connectivity index (χ2v) is 5.42. The number of amides is 2. The number of hydrogen-bond donors (Lipinski definition) is 2. The number of hydrogen-bond acceptors (Lipinski definition) is 6. The molecule has 0 bridgehead atoms. The Bertz CT molecular complexity index is 715. The van der Waals surface area contributed by atoms with Gasteiger partial charge in [0.25, 0.3) is 11.8 Å². The zero-order chi connectivity index (χ0) is 17.4. The Morgan fingerprint density at radius 2 is 1.96 bits per heavy atom.